The Morgan fingerprint density at radius 2 is 0.903 bits per heavy atom. The van der Waals surface area contributed by atoms with E-state index >= 15 is 0 Å². The van der Waals surface area contributed by atoms with Crippen molar-refractivity contribution in [2.45, 2.75) is 2.45 Å². The van der Waals surface area contributed by atoms with Crippen LogP contribution in [0.1, 0.15) is 0 Å². The number of nitrogens with zero attached hydrogens (tertiary/aromatic N) is 2. The van der Waals surface area contributed by atoms with Gasteiger partial charge in [0.25, 0.3) is 0 Å². The summed E-state index contributed by atoms with van der Waals surface area (Å²) in [7, 11) is 14.4. The predicted octanol–water partition coefficient (Wildman–Crippen LogP) is 4.05. The molecule has 2 fully saturated rings. The van der Waals surface area contributed by atoms with Gasteiger partial charge in [-0.25, -0.2) is 0 Å². The molecule has 8 heteroatoms. The van der Waals surface area contributed by atoms with Crippen LogP contribution in [0.4, 0.5) is 0 Å². The number of hydrogen-bond acceptors (Lipinski definition) is 6. The average molecular weight is 704 g/mol. The molecule has 2 nitrogen and oxygen atoms in total. The van der Waals surface area contributed by atoms with Crippen LogP contribution in [-0.2, 0) is 0 Å². The third-order valence-electron chi connectivity index (χ3n) is 6.13. The summed E-state index contributed by atoms with van der Waals surface area (Å²) < 4.78 is 5.09. The van der Waals surface area contributed by atoms with Crippen LogP contribution in [0, 0.1) is 0 Å². The Hall–Kier alpha value is 1.36. The van der Waals surface area contributed by atoms with Gasteiger partial charge >= 0.3 is 210 Å². The summed E-state index contributed by atoms with van der Waals surface area (Å²) in [6.07, 6.45) is 0. The first-order valence-electron chi connectivity index (χ1n) is 11.2. The third kappa shape index (κ3) is 6.73. The fourth-order valence-corrected chi connectivity index (χ4v) is 152. The molecule has 2 aromatic carbocycles. The molecule has 2 saturated heterocycles. The van der Waals surface area contributed by atoms with Gasteiger partial charge in [-0.3, -0.25) is 0 Å². The van der Waals surface area contributed by atoms with Crippen molar-refractivity contribution in [3.63, 3.8) is 0 Å². The summed E-state index contributed by atoms with van der Waals surface area (Å²) in [5.74, 6) is 5.24. The van der Waals surface area contributed by atoms with Gasteiger partial charge in [0, 0.05) is 0 Å². The van der Waals surface area contributed by atoms with E-state index in [1.807, 2.05) is 0 Å². The Kier molecular flexibility index (Phi) is 10.1. The molecule has 2 aromatic rings. The summed E-state index contributed by atoms with van der Waals surface area (Å²) >= 11 is -5.40. The molecule has 168 valence electrons. The molecule has 0 unspecified atom stereocenters. The van der Waals surface area contributed by atoms with Crippen LogP contribution in [0.3, 0.4) is 0 Å². The molecule has 0 aliphatic carbocycles. The van der Waals surface area contributed by atoms with E-state index in [-0.39, 0.29) is 0 Å². The molecular formula is C23H34N2S4Sn2. The van der Waals surface area contributed by atoms with Crippen molar-refractivity contribution in [2.75, 3.05) is 63.3 Å². The van der Waals surface area contributed by atoms with E-state index in [0.29, 0.717) is 0 Å². The zero-order chi connectivity index (χ0) is 21.6. The first-order chi connectivity index (χ1) is 15.1. The minimum absolute atomic E-state index is 1.25. The topological polar surface area (TPSA) is 6.48 Å². The van der Waals surface area contributed by atoms with Crippen molar-refractivity contribution in [1.29, 1.82) is 0 Å². The van der Waals surface area contributed by atoms with Gasteiger partial charge in [0.1, 0.15) is 0 Å². The van der Waals surface area contributed by atoms with Crippen molar-refractivity contribution >= 4 is 74.2 Å². The van der Waals surface area contributed by atoms with Crippen molar-refractivity contribution in [1.82, 2.24) is 9.80 Å². The van der Waals surface area contributed by atoms with Crippen LogP contribution < -0.4 is 7.16 Å². The second kappa shape index (κ2) is 12.4. The monoisotopic (exact) mass is 706 g/mol. The summed E-state index contributed by atoms with van der Waals surface area (Å²) in [5, 5.41) is 0. The SMILES string of the molecule is CN1CC[S][Sn]([CH2][Sn]2([c]3ccccc3)[S]CCN(C)CC[S]2)([c]2ccccc2)[S]CC1. The quantitative estimate of drug-likeness (QED) is 0.441. The van der Waals surface area contributed by atoms with Crippen LogP contribution in [0.25, 0.3) is 0 Å². The van der Waals surface area contributed by atoms with Gasteiger partial charge in [0.05, 0.1) is 0 Å². The Labute approximate surface area is 208 Å². The maximum absolute atomic E-state index is 2.70. The van der Waals surface area contributed by atoms with E-state index < -0.39 is 31.2 Å². The Bertz CT molecular complexity index is 724. The third-order valence-corrected chi connectivity index (χ3v) is 102. The van der Waals surface area contributed by atoms with Gasteiger partial charge < -0.3 is 0 Å². The van der Waals surface area contributed by atoms with E-state index in [9.17, 15) is 0 Å². The van der Waals surface area contributed by atoms with E-state index in [4.69, 9.17) is 0 Å². The standard InChI is InChI=1S/2C6H5.2C5H13NS2.CH2.2Sn/c2*1-2-4-6-5-3-1;2*1-6(2-4-7)3-5-8;;;/h2*1-5H;2*7-8H,2-5H2,1H3;1H2;;/q;;;;;2*+2/p-4. The van der Waals surface area contributed by atoms with Crippen LogP contribution in [0.15, 0.2) is 60.7 Å². The molecule has 2 heterocycles. The van der Waals surface area contributed by atoms with Gasteiger partial charge in [0.2, 0.25) is 0 Å². The van der Waals surface area contributed by atoms with Gasteiger partial charge in [0.15, 0.2) is 0 Å². The maximum atomic E-state index is 2.53. The molecule has 0 amide bonds. The zero-order valence-electron chi connectivity index (χ0n) is 18.7. The molecule has 4 rings (SSSR count). The number of rotatable bonds is 4. The van der Waals surface area contributed by atoms with Crippen molar-refractivity contribution in [3.05, 3.63) is 60.7 Å². The van der Waals surface area contributed by atoms with Crippen LogP contribution >= 0.6 is 35.8 Å². The number of benzene rings is 2. The van der Waals surface area contributed by atoms with Crippen molar-refractivity contribution < 1.29 is 0 Å². The minimum atomic E-state index is -2.70. The molecule has 0 bridgehead atoms. The second-order valence-corrected chi connectivity index (χ2v) is 62.9. The molecule has 0 atom stereocenters. The molecule has 2 aliphatic heterocycles. The van der Waals surface area contributed by atoms with Gasteiger partial charge in [-0.05, 0) is 0 Å². The first-order valence-corrected chi connectivity index (χ1v) is 36.0. The fraction of sp³-hybridized carbons (Fsp3) is 0.478. The normalized spacial score (nSPS) is 23.3. The summed E-state index contributed by atoms with van der Waals surface area (Å²) in [6.45, 7) is 4.98. The van der Waals surface area contributed by atoms with E-state index in [1.54, 1.807) is 9.61 Å². The van der Waals surface area contributed by atoms with E-state index in [1.165, 1.54) is 49.2 Å². The Balaban J connectivity index is 1.73. The fourth-order valence-electron chi connectivity index (χ4n) is 4.20. The molecule has 0 saturated carbocycles. The Morgan fingerprint density at radius 3 is 1.23 bits per heavy atom. The van der Waals surface area contributed by atoms with Gasteiger partial charge in [-0.2, -0.15) is 0 Å². The zero-order valence-corrected chi connectivity index (χ0v) is 27.6. The average Bonchev–Trinajstić information content (AvgIpc) is 2.77. The molecule has 0 radical (unpaired) electrons. The summed E-state index contributed by atoms with van der Waals surface area (Å²) in [6, 6.07) is 23.6. The molecule has 0 aromatic heterocycles. The van der Waals surface area contributed by atoms with Gasteiger partial charge in [-0.15, -0.1) is 0 Å². The molecule has 0 spiro atoms. The first kappa shape index (κ1) is 25.5. The van der Waals surface area contributed by atoms with Crippen molar-refractivity contribution in [3.8, 4) is 0 Å². The van der Waals surface area contributed by atoms with Crippen LogP contribution in [0.2, 0.25) is 2.45 Å². The molecule has 2 aliphatic rings. The molecule has 31 heavy (non-hydrogen) atoms. The van der Waals surface area contributed by atoms with E-state index in [2.05, 4.69) is 120 Å². The number of hydrogen-bond donors (Lipinski definition) is 0. The Morgan fingerprint density at radius 1 is 0.581 bits per heavy atom. The molecule has 0 N–H and O–H groups in total. The van der Waals surface area contributed by atoms with Crippen molar-refractivity contribution in [2.24, 2.45) is 0 Å². The second-order valence-electron chi connectivity index (χ2n) is 8.42. The summed E-state index contributed by atoms with van der Waals surface area (Å²) in [4.78, 5) is 5.07. The van der Waals surface area contributed by atoms with Crippen LogP contribution in [-0.4, -0.2) is 104 Å². The van der Waals surface area contributed by atoms with Crippen LogP contribution in [0.5, 0.6) is 0 Å². The summed E-state index contributed by atoms with van der Waals surface area (Å²) in [5.41, 5.74) is 0. The molecular weight excluding hydrogens is 670 g/mol. The predicted molar refractivity (Wildman–Crippen MR) is 153 cm³/mol. The van der Waals surface area contributed by atoms with E-state index in [0.717, 1.165) is 0 Å². The van der Waals surface area contributed by atoms with Gasteiger partial charge in [-0.1, -0.05) is 0 Å².